The molecule has 3 heterocycles. The van der Waals surface area contributed by atoms with Crippen LogP contribution >= 0.6 is 0 Å². The number of fused-ring (bicyclic) bond motifs is 1. The Bertz CT molecular complexity index is 1000. The molecule has 2 atom stereocenters. The van der Waals surface area contributed by atoms with Gasteiger partial charge in [0.1, 0.15) is 5.65 Å². The molecule has 1 aliphatic heterocycles. The molecule has 0 radical (unpaired) electrons. The Morgan fingerprint density at radius 1 is 1.25 bits per heavy atom. The van der Waals surface area contributed by atoms with Crippen molar-refractivity contribution in [1.82, 2.24) is 14.7 Å². The molecule has 148 valence electrons. The van der Waals surface area contributed by atoms with Gasteiger partial charge in [0.05, 0.1) is 11.4 Å². The average Bonchev–Trinajstić information content (AvgIpc) is 2.64. The molecule has 0 amide bonds. The van der Waals surface area contributed by atoms with E-state index in [1.807, 2.05) is 45.2 Å². The van der Waals surface area contributed by atoms with E-state index in [0.717, 1.165) is 35.5 Å². The number of nitrogens with one attached hydrogen (secondary N) is 1. The van der Waals surface area contributed by atoms with E-state index in [1.165, 1.54) is 0 Å². The number of anilines is 1. The van der Waals surface area contributed by atoms with E-state index in [0.29, 0.717) is 23.4 Å². The zero-order valence-electron chi connectivity index (χ0n) is 17.5. The summed E-state index contributed by atoms with van der Waals surface area (Å²) >= 11 is 0. The fraction of sp³-hybridized carbons (Fsp3) is 0.391. The zero-order chi connectivity index (χ0) is 20.4. The highest BCUT2D eigenvalue weighted by molar-refractivity contribution is 5.74. The summed E-state index contributed by atoms with van der Waals surface area (Å²) in [7, 11) is 0. The van der Waals surface area contributed by atoms with Gasteiger partial charge in [0, 0.05) is 37.4 Å². The fourth-order valence-corrected chi connectivity index (χ4v) is 3.63. The van der Waals surface area contributed by atoms with Gasteiger partial charge in [0.15, 0.2) is 0 Å². The van der Waals surface area contributed by atoms with E-state index in [9.17, 15) is 4.79 Å². The maximum absolute atomic E-state index is 12.8. The van der Waals surface area contributed by atoms with Crippen LogP contribution < -0.4 is 15.8 Å². The van der Waals surface area contributed by atoms with Gasteiger partial charge in [-0.2, -0.15) is 0 Å². The smallest absolute Gasteiger partial charge is 0.258 e. The van der Waals surface area contributed by atoms with Gasteiger partial charge in [0.25, 0.3) is 5.56 Å². The van der Waals surface area contributed by atoms with Crippen LogP contribution in [0, 0.1) is 0 Å². The molecule has 5 heteroatoms. The summed E-state index contributed by atoms with van der Waals surface area (Å²) in [6.07, 6.45) is 5.91. The molecule has 28 heavy (non-hydrogen) atoms. The van der Waals surface area contributed by atoms with Crippen LogP contribution in [0.15, 0.2) is 59.1 Å². The maximum Gasteiger partial charge on any atom is 0.258 e. The van der Waals surface area contributed by atoms with Gasteiger partial charge in [-0.25, -0.2) is 4.98 Å². The molecule has 1 N–H and O–H groups in total. The van der Waals surface area contributed by atoms with Crippen molar-refractivity contribution < 1.29 is 0 Å². The van der Waals surface area contributed by atoms with Crippen LogP contribution in [0.5, 0.6) is 0 Å². The SMILES string of the molecule is C=C(C)/C(C)=C/C(=C\C)c1cc(=O)n2cc(N3CC(C)N[C@@H](C)C3)ccc2n1. The van der Waals surface area contributed by atoms with Crippen molar-refractivity contribution in [3.8, 4) is 0 Å². The third-order valence-corrected chi connectivity index (χ3v) is 5.22. The lowest BCUT2D eigenvalue weighted by Crippen LogP contribution is -2.54. The van der Waals surface area contributed by atoms with Crippen LogP contribution in [-0.4, -0.2) is 34.6 Å². The fourth-order valence-electron chi connectivity index (χ4n) is 3.63. The Labute approximate surface area is 167 Å². The third kappa shape index (κ3) is 4.25. The molecule has 1 unspecified atom stereocenters. The molecule has 0 saturated carbocycles. The summed E-state index contributed by atoms with van der Waals surface area (Å²) in [6.45, 7) is 16.1. The Kier molecular flexibility index (Phi) is 5.84. The summed E-state index contributed by atoms with van der Waals surface area (Å²) in [5, 5.41) is 3.54. The Hall–Kier alpha value is -2.66. The first kappa shape index (κ1) is 20.1. The Morgan fingerprint density at radius 3 is 2.54 bits per heavy atom. The Balaban J connectivity index is 2.00. The van der Waals surface area contributed by atoms with Gasteiger partial charge >= 0.3 is 0 Å². The zero-order valence-corrected chi connectivity index (χ0v) is 17.5. The predicted molar refractivity (Wildman–Crippen MR) is 118 cm³/mol. The largest absolute Gasteiger partial charge is 0.367 e. The molecule has 3 rings (SSSR count). The molecule has 1 aliphatic rings. The van der Waals surface area contributed by atoms with Crippen LogP contribution in [0.4, 0.5) is 5.69 Å². The standard InChI is InChI=1S/C23H30N4O/c1-7-19(10-16(4)15(2)3)21-11-23(28)27-14-20(8-9-22(27)25-21)26-12-17(5)24-18(6)13-26/h7-11,14,17-18,24H,2,12-13H2,1,3-6H3/b16-10+,19-7+/t17-,18?/m0/s1. The first-order chi connectivity index (χ1) is 13.3. The normalized spacial score (nSPS) is 21.2. The van der Waals surface area contributed by atoms with Crippen LogP contribution in [0.3, 0.4) is 0 Å². The van der Waals surface area contributed by atoms with Crippen molar-refractivity contribution >= 4 is 16.9 Å². The molecule has 5 nitrogen and oxygen atoms in total. The molecular weight excluding hydrogens is 348 g/mol. The van der Waals surface area contributed by atoms with Crippen molar-refractivity contribution in [2.75, 3.05) is 18.0 Å². The molecule has 2 aromatic rings. The van der Waals surface area contributed by atoms with Gasteiger partial charge in [0.2, 0.25) is 0 Å². The van der Waals surface area contributed by atoms with Crippen LogP contribution in [0.2, 0.25) is 0 Å². The highest BCUT2D eigenvalue weighted by Crippen LogP contribution is 2.21. The van der Waals surface area contributed by atoms with E-state index in [1.54, 1.807) is 10.5 Å². The first-order valence-corrected chi connectivity index (χ1v) is 9.83. The molecule has 0 aliphatic carbocycles. The summed E-state index contributed by atoms with van der Waals surface area (Å²) in [4.78, 5) is 19.9. The second-order valence-electron chi connectivity index (χ2n) is 7.82. The van der Waals surface area contributed by atoms with E-state index in [-0.39, 0.29) is 5.56 Å². The minimum atomic E-state index is -0.0705. The van der Waals surface area contributed by atoms with Crippen molar-refractivity contribution in [3.05, 3.63) is 70.3 Å². The number of piperazine rings is 1. The number of aromatic nitrogens is 2. The van der Waals surface area contributed by atoms with E-state index in [2.05, 4.69) is 36.7 Å². The molecular formula is C23H30N4O. The van der Waals surface area contributed by atoms with E-state index in [4.69, 9.17) is 4.98 Å². The number of pyridine rings is 1. The predicted octanol–water partition coefficient (Wildman–Crippen LogP) is 3.81. The topological polar surface area (TPSA) is 49.6 Å². The molecule has 2 aromatic heterocycles. The second-order valence-corrected chi connectivity index (χ2v) is 7.82. The maximum atomic E-state index is 12.8. The minimum absolute atomic E-state index is 0.0705. The van der Waals surface area contributed by atoms with E-state index >= 15 is 0 Å². The van der Waals surface area contributed by atoms with Crippen molar-refractivity contribution in [1.29, 1.82) is 0 Å². The van der Waals surface area contributed by atoms with E-state index < -0.39 is 0 Å². The first-order valence-electron chi connectivity index (χ1n) is 9.83. The van der Waals surface area contributed by atoms with Gasteiger partial charge in [-0.1, -0.05) is 18.2 Å². The van der Waals surface area contributed by atoms with Gasteiger partial charge < -0.3 is 10.2 Å². The number of rotatable bonds is 4. The van der Waals surface area contributed by atoms with Gasteiger partial charge in [-0.05, 0) is 64.0 Å². The van der Waals surface area contributed by atoms with Crippen molar-refractivity contribution in [3.63, 3.8) is 0 Å². The molecule has 0 spiro atoms. The van der Waals surface area contributed by atoms with Crippen molar-refractivity contribution in [2.45, 2.75) is 46.7 Å². The lowest BCUT2D eigenvalue weighted by molar-refractivity contribution is 0.407. The lowest BCUT2D eigenvalue weighted by Gasteiger charge is -2.37. The third-order valence-electron chi connectivity index (χ3n) is 5.22. The quantitative estimate of drug-likeness (QED) is 0.822. The van der Waals surface area contributed by atoms with Gasteiger partial charge in [-0.15, -0.1) is 0 Å². The summed E-state index contributed by atoms with van der Waals surface area (Å²) in [6, 6.07) is 6.42. The van der Waals surface area contributed by atoms with Crippen LogP contribution in [-0.2, 0) is 0 Å². The molecule has 0 bridgehead atoms. The molecule has 1 fully saturated rings. The number of allylic oxidation sites excluding steroid dienone is 5. The number of hydrogen-bond donors (Lipinski definition) is 1. The number of nitrogens with zero attached hydrogens (tertiary/aromatic N) is 3. The molecule has 1 saturated heterocycles. The highest BCUT2D eigenvalue weighted by atomic mass is 16.1. The Morgan fingerprint density at radius 2 is 1.93 bits per heavy atom. The van der Waals surface area contributed by atoms with Crippen molar-refractivity contribution in [2.24, 2.45) is 0 Å². The van der Waals surface area contributed by atoms with Crippen LogP contribution in [0.1, 0.15) is 40.3 Å². The lowest BCUT2D eigenvalue weighted by atomic mass is 10.0. The summed E-state index contributed by atoms with van der Waals surface area (Å²) < 4.78 is 1.64. The van der Waals surface area contributed by atoms with Crippen LogP contribution in [0.25, 0.3) is 11.2 Å². The van der Waals surface area contributed by atoms with Gasteiger partial charge in [-0.3, -0.25) is 9.20 Å². The summed E-state index contributed by atoms with van der Waals surface area (Å²) in [5.41, 5.74) is 5.32. The average molecular weight is 379 g/mol. The second kappa shape index (κ2) is 8.15. The number of hydrogen-bond acceptors (Lipinski definition) is 4. The minimum Gasteiger partial charge on any atom is -0.367 e. The monoisotopic (exact) mass is 378 g/mol. The summed E-state index contributed by atoms with van der Waals surface area (Å²) in [5.74, 6) is 0. The highest BCUT2D eigenvalue weighted by Gasteiger charge is 2.21. The molecule has 0 aromatic carbocycles.